The Bertz CT molecular complexity index is 944. The number of benzene rings is 2. The van der Waals surface area contributed by atoms with E-state index in [1.807, 2.05) is 12.1 Å². The standard InChI is InChI=1S/C23H28O8/c1-26-16-8-12(9-17(27-2)21(16)29-4)19-13(11-24)7-15(25)14-10-18(28-3)22(30-5)23(31-6)20(14)19/h8-10,13,19,24H,7,11H2,1-6H3/t13-,19+/m0/s1. The zero-order chi connectivity index (χ0) is 22.7. The highest BCUT2D eigenvalue weighted by molar-refractivity contribution is 6.01. The summed E-state index contributed by atoms with van der Waals surface area (Å²) in [7, 11) is 9.14. The van der Waals surface area contributed by atoms with E-state index in [1.54, 1.807) is 6.07 Å². The molecule has 0 saturated heterocycles. The van der Waals surface area contributed by atoms with Crippen LogP contribution in [0.5, 0.6) is 34.5 Å². The van der Waals surface area contributed by atoms with E-state index >= 15 is 0 Å². The molecule has 1 N–H and O–H groups in total. The predicted molar refractivity (Wildman–Crippen MR) is 114 cm³/mol. The minimum atomic E-state index is -0.388. The summed E-state index contributed by atoms with van der Waals surface area (Å²) in [4.78, 5) is 13.0. The van der Waals surface area contributed by atoms with Crippen LogP contribution in [-0.4, -0.2) is 60.2 Å². The number of ketones is 1. The first-order valence-corrected chi connectivity index (χ1v) is 9.76. The number of methoxy groups -OCH3 is 6. The quantitative estimate of drug-likeness (QED) is 0.680. The lowest BCUT2D eigenvalue weighted by Gasteiger charge is -2.34. The highest BCUT2D eigenvalue weighted by atomic mass is 16.5. The number of aliphatic hydroxyl groups is 1. The van der Waals surface area contributed by atoms with Gasteiger partial charge in [-0.15, -0.1) is 0 Å². The zero-order valence-corrected chi connectivity index (χ0v) is 18.6. The van der Waals surface area contributed by atoms with Gasteiger partial charge in [0.2, 0.25) is 11.5 Å². The third-order valence-electron chi connectivity index (χ3n) is 5.68. The Morgan fingerprint density at radius 2 is 1.29 bits per heavy atom. The van der Waals surface area contributed by atoms with Gasteiger partial charge in [-0.05, 0) is 23.8 Å². The average Bonchev–Trinajstić information content (AvgIpc) is 2.81. The van der Waals surface area contributed by atoms with E-state index in [0.717, 1.165) is 5.56 Å². The molecule has 1 aliphatic rings. The molecule has 0 spiro atoms. The summed E-state index contributed by atoms with van der Waals surface area (Å²) in [5.41, 5.74) is 1.88. The molecule has 168 valence electrons. The number of aliphatic hydroxyl groups excluding tert-OH is 1. The molecule has 8 heteroatoms. The molecule has 1 aliphatic carbocycles. The van der Waals surface area contributed by atoms with Crippen LogP contribution in [0.1, 0.15) is 33.8 Å². The van der Waals surface area contributed by atoms with Gasteiger partial charge in [-0.1, -0.05) is 0 Å². The van der Waals surface area contributed by atoms with Crippen LogP contribution in [0.15, 0.2) is 18.2 Å². The fourth-order valence-corrected chi connectivity index (χ4v) is 4.31. The monoisotopic (exact) mass is 432 g/mol. The Labute approximate surface area is 181 Å². The van der Waals surface area contributed by atoms with Crippen LogP contribution < -0.4 is 28.4 Å². The average molecular weight is 432 g/mol. The highest BCUT2D eigenvalue weighted by Gasteiger charge is 2.40. The van der Waals surface area contributed by atoms with Gasteiger partial charge >= 0.3 is 0 Å². The van der Waals surface area contributed by atoms with Crippen molar-refractivity contribution in [2.24, 2.45) is 5.92 Å². The van der Waals surface area contributed by atoms with Gasteiger partial charge in [0.1, 0.15) is 0 Å². The Balaban J connectivity index is 2.36. The van der Waals surface area contributed by atoms with Crippen molar-refractivity contribution >= 4 is 5.78 Å². The third kappa shape index (κ3) is 3.72. The number of carbonyl (C=O) groups excluding carboxylic acids is 1. The summed E-state index contributed by atoms with van der Waals surface area (Å²) in [6, 6.07) is 5.31. The Kier molecular flexibility index (Phi) is 6.80. The van der Waals surface area contributed by atoms with Crippen LogP contribution in [0.2, 0.25) is 0 Å². The zero-order valence-electron chi connectivity index (χ0n) is 18.6. The number of rotatable bonds is 8. The normalized spacial score (nSPS) is 17.6. The van der Waals surface area contributed by atoms with Crippen LogP contribution in [-0.2, 0) is 0 Å². The first-order valence-electron chi connectivity index (χ1n) is 9.76. The van der Waals surface area contributed by atoms with E-state index in [4.69, 9.17) is 28.4 Å². The van der Waals surface area contributed by atoms with Gasteiger partial charge < -0.3 is 33.5 Å². The van der Waals surface area contributed by atoms with E-state index < -0.39 is 0 Å². The Morgan fingerprint density at radius 1 is 0.774 bits per heavy atom. The third-order valence-corrected chi connectivity index (χ3v) is 5.68. The van der Waals surface area contributed by atoms with Gasteiger partial charge in [-0.3, -0.25) is 4.79 Å². The molecule has 0 fully saturated rings. The van der Waals surface area contributed by atoms with E-state index in [-0.39, 0.29) is 30.6 Å². The van der Waals surface area contributed by atoms with Crippen LogP contribution in [0.3, 0.4) is 0 Å². The van der Waals surface area contributed by atoms with Crippen LogP contribution in [0.4, 0.5) is 0 Å². The molecule has 0 bridgehead atoms. The highest BCUT2D eigenvalue weighted by Crippen LogP contribution is 2.53. The van der Waals surface area contributed by atoms with Crippen LogP contribution in [0.25, 0.3) is 0 Å². The van der Waals surface area contributed by atoms with E-state index in [1.165, 1.54) is 42.7 Å². The van der Waals surface area contributed by atoms with Gasteiger partial charge in [0.05, 0.1) is 42.7 Å². The van der Waals surface area contributed by atoms with Gasteiger partial charge in [0.25, 0.3) is 0 Å². The summed E-state index contributed by atoms with van der Waals surface area (Å²) in [6.45, 7) is -0.190. The van der Waals surface area contributed by atoms with Gasteiger partial charge in [0, 0.05) is 36.0 Å². The van der Waals surface area contributed by atoms with Gasteiger partial charge in [-0.25, -0.2) is 0 Å². The Hall–Kier alpha value is -3.13. The molecule has 0 saturated carbocycles. The maximum absolute atomic E-state index is 13.0. The number of hydrogen-bond acceptors (Lipinski definition) is 8. The fraction of sp³-hybridized carbons (Fsp3) is 0.435. The molecule has 2 aromatic carbocycles. The number of carbonyl (C=O) groups is 1. The molecule has 0 aliphatic heterocycles. The molecule has 2 aromatic rings. The minimum Gasteiger partial charge on any atom is -0.493 e. The number of Topliss-reactive ketones (excluding diaryl/α,β-unsaturated/α-hetero) is 1. The predicted octanol–water partition coefficient (Wildman–Crippen LogP) is 3.07. The fourth-order valence-electron chi connectivity index (χ4n) is 4.31. The molecule has 31 heavy (non-hydrogen) atoms. The smallest absolute Gasteiger partial charge is 0.203 e. The summed E-state index contributed by atoms with van der Waals surface area (Å²) in [5, 5.41) is 10.2. The molecular formula is C23H28O8. The minimum absolute atomic E-state index is 0.100. The second-order valence-electron chi connectivity index (χ2n) is 7.11. The van der Waals surface area contributed by atoms with E-state index in [0.29, 0.717) is 45.6 Å². The molecular weight excluding hydrogens is 404 g/mol. The molecule has 0 radical (unpaired) electrons. The van der Waals surface area contributed by atoms with Crippen molar-refractivity contribution in [1.82, 2.24) is 0 Å². The van der Waals surface area contributed by atoms with Crippen molar-refractivity contribution in [1.29, 1.82) is 0 Å². The SMILES string of the molecule is COc1cc([C@H]2c3c(cc(OC)c(OC)c3OC)C(=O)C[C@H]2CO)cc(OC)c1OC. The molecule has 0 heterocycles. The van der Waals surface area contributed by atoms with Crippen molar-refractivity contribution in [3.8, 4) is 34.5 Å². The largest absolute Gasteiger partial charge is 0.493 e. The van der Waals surface area contributed by atoms with Crippen molar-refractivity contribution < 1.29 is 38.3 Å². The van der Waals surface area contributed by atoms with Crippen molar-refractivity contribution in [3.63, 3.8) is 0 Å². The van der Waals surface area contributed by atoms with Crippen LogP contribution in [0, 0.1) is 5.92 Å². The first kappa shape index (κ1) is 22.6. The van der Waals surface area contributed by atoms with Crippen molar-refractivity contribution in [2.75, 3.05) is 49.3 Å². The van der Waals surface area contributed by atoms with Crippen LogP contribution >= 0.6 is 0 Å². The number of hydrogen-bond donors (Lipinski definition) is 1. The Morgan fingerprint density at radius 3 is 1.74 bits per heavy atom. The van der Waals surface area contributed by atoms with Crippen molar-refractivity contribution in [2.45, 2.75) is 12.3 Å². The topological polar surface area (TPSA) is 92.7 Å². The van der Waals surface area contributed by atoms with Gasteiger partial charge in [0.15, 0.2) is 28.8 Å². The van der Waals surface area contributed by atoms with Gasteiger partial charge in [-0.2, -0.15) is 0 Å². The molecule has 0 unspecified atom stereocenters. The molecule has 2 atom stereocenters. The van der Waals surface area contributed by atoms with Crippen molar-refractivity contribution in [3.05, 3.63) is 34.9 Å². The second-order valence-corrected chi connectivity index (χ2v) is 7.11. The summed E-state index contributed by atoms with van der Waals surface area (Å²) in [6.07, 6.45) is 0.170. The maximum Gasteiger partial charge on any atom is 0.203 e. The number of fused-ring (bicyclic) bond motifs is 1. The van der Waals surface area contributed by atoms with E-state index in [2.05, 4.69) is 0 Å². The lowest BCUT2D eigenvalue weighted by atomic mass is 9.71. The summed E-state index contributed by atoms with van der Waals surface area (Å²) >= 11 is 0. The lowest BCUT2D eigenvalue weighted by molar-refractivity contribution is 0.0903. The first-order chi connectivity index (χ1) is 15.0. The molecule has 0 aromatic heterocycles. The maximum atomic E-state index is 13.0. The molecule has 8 nitrogen and oxygen atoms in total. The summed E-state index contributed by atoms with van der Waals surface area (Å²) < 4.78 is 33.1. The number of ether oxygens (including phenoxy) is 6. The molecule has 3 rings (SSSR count). The lowest BCUT2D eigenvalue weighted by Crippen LogP contribution is -2.29. The van der Waals surface area contributed by atoms with E-state index in [9.17, 15) is 9.90 Å². The summed E-state index contributed by atoms with van der Waals surface area (Å²) in [5.74, 6) is 1.72. The molecule has 0 amide bonds. The second kappa shape index (κ2) is 9.34.